The molecule has 0 spiro atoms. The number of halogens is 2. The molecule has 0 aliphatic rings. The van der Waals surface area contributed by atoms with E-state index in [1.54, 1.807) is 23.3 Å². The van der Waals surface area contributed by atoms with Crippen molar-refractivity contribution in [1.82, 2.24) is 0 Å². The summed E-state index contributed by atoms with van der Waals surface area (Å²) in [6.07, 6.45) is 2.60. The van der Waals surface area contributed by atoms with Crippen LogP contribution < -0.4 is 24.8 Å². The fourth-order valence-electron chi connectivity index (χ4n) is 7.03. The van der Waals surface area contributed by atoms with Gasteiger partial charge in [0.15, 0.2) is 0 Å². The van der Waals surface area contributed by atoms with Crippen LogP contribution in [0.1, 0.15) is 22.3 Å². The molecule has 10 aromatic carbocycles. The van der Waals surface area contributed by atoms with Crippen molar-refractivity contribution in [3.05, 3.63) is 253 Å². The molecule has 10 rings (SSSR count). The molecule has 0 saturated carbocycles. The van der Waals surface area contributed by atoms with Crippen LogP contribution in [0.2, 0.25) is 12.1 Å². The van der Waals surface area contributed by atoms with Crippen molar-refractivity contribution in [1.29, 1.82) is 0 Å². The average molecular weight is 1030 g/mol. The Labute approximate surface area is 419 Å². The topological polar surface area (TPSA) is 0 Å². The van der Waals surface area contributed by atoms with Crippen molar-refractivity contribution in [2.45, 2.75) is 38.8 Å². The molecule has 0 nitrogen and oxygen atoms in total. The maximum atomic E-state index is 2.26. The summed E-state index contributed by atoms with van der Waals surface area (Å²) in [4.78, 5) is 0. The summed E-state index contributed by atoms with van der Waals surface area (Å²) in [6, 6.07) is 83.6. The fraction of sp³-hybridized carbons (Fsp3) is 0.107. The van der Waals surface area contributed by atoms with Crippen LogP contribution in [0.4, 0.5) is 0 Å². The molecule has 0 aromatic heterocycles. The smallest absolute Gasteiger partial charge is 0.172 e. The van der Waals surface area contributed by atoms with Crippen molar-refractivity contribution in [2.75, 3.05) is 0 Å². The maximum Gasteiger partial charge on any atom is -0.172 e. The second-order valence-corrected chi connectivity index (χ2v) is 22.0. The Hall–Kier alpha value is -3.78. The van der Waals surface area contributed by atoms with E-state index in [0.29, 0.717) is 0 Å². The summed E-state index contributed by atoms with van der Waals surface area (Å²) in [5.41, 5.74) is 10.9. The van der Waals surface area contributed by atoms with Gasteiger partial charge in [0.2, 0.25) is 0 Å². The Morgan fingerprint density at radius 2 is 0.823 bits per heavy atom. The van der Waals surface area contributed by atoms with E-state index in [4.69, 9.17) is 0 Å². The summed E-state index contributed by atoms with van der Waals surface area (Å²) >= 11 is 1.80. The van der Waals surface area contributed by atoms with Crippen LogP contribution in [0.5, 0.6) is 0 Å². The minimum atomic E-state index is -0.0510. The first kappa shape index (κ1) is 54.4. The Kier molecular flexibility index (Phi) is 26.6. The van der Waals surface area contributed by atoms with Crippen molar-refractivity contribution in [2.24, 2.45) is 0 Å². The third kappa shape index (κ3) is 17.8. The predicted octanol–water partition coefficient (Wildman–Crippen LogP) is 9.33. The fourth-order valence-corrected chi connectivity index (χ4v) is 10.3. The summed E-state index contributed by atoms with van der Waals surface area (Å²) < 4.78 is 0. The Balaban J connectivity index is 0.000000279. The van der Waals surface area contributed by atoms with Gasteiger partial charge in [0.1, 0.15) is 0 Å². The van der Waals surface area contributed by atoms with Gasteiger partial charge < -0.3 is 24.8 Å². The normalized spacial score (nSPS) is 9.61. The van der Waals surface area contributed by atoms with Crippen LogP contribution in [-0.2, 0) is 70.3 Å². The zero-order valence-electron chi connectivity index (χ0n) is 35.2. The van der Waals surface area contributed by atoms with Crippen LogP contribution in [0, 0.1) is 13.8 Å². The molecule has 0 radical (unpaired) electrons. The molecule has 0 aliphatic carbocycles. The molecule has 0 amide bonds. The zero-order chi connectivity index (χ0) is 40.2. The first-order valence-corrected chi connectivity index (χ1v) is 25.9. The van der Waals surface area contributed by atoms with Crippen molar-refractivity contribution in [3.63, 3.8) is 0 Å². The van der Waals surface area contributed by atoms with Gasteiger partial charge in [-0.15, -0.1) is 69.1 Å². The summed E-state index contributed by atoms with van der Waals surface area (Å²) in [5.74, 6) is 0. The minimum Gasteiger partial charge on any atom is -0.214 e. The molecule has 6 heteroatoms. The monoisotopic (exact) mass is 1020 g/mol. The van der Waals surface area contributed by atoms with E-state index >= 15 is 0 Å². The standard InChI is InChI=1S/2C16H13.C14H16Si.2C5H5.2ClH.2Fe.Zr/c2*1-12-10-14-8-5-9-15(16(14)11-12)13-6-3-2-4-7-13;1-2-6-13(5-1)9-11-15-12-10-14-7-3-4-8-14;2*1-2-4-5-3-1;;;;;/h2*2-11H,1H3;1-8H,9-12H2;2*1-5H;2*1H;;;/q2*-1;-2;2*-1;;;3*+2/p-2. The first-order valence-electron chi connectivity index (χ1n) is 20.3. The summed E-state index contributed by atoms with van der Waals surface area (Å²) in [7, 11) is 0. The number of hydrogen-bond acceptors (Lipinski definition) is 0. The minimum absolute atomic E-state index is 0. The maximum absolute atomic E-state index is 2.26. The van der Waals surface area contributed by atoms with Gasteiger partial charge in [-0.3, -0.25) is 0 Å². The van der Waals surface area contributed by atoms with Crippen LogP contribution in [-0.4, -0.2) is 5.43 Å². The SMILES string of the molecule is Cc1cc2c(-c3ccccc3)cccc2[cH-]1.Cc1cc2c(-c3ccccc3)cccc2[cH-]1.[Cl-].[Cl-].[Fe+2].[Fe+2].[Zr+2]=[Si](CCc1ccc[cH-]1)CCc1ccc[cH-]1.c1cc[cH-]c1.c1cc[cH-]c1. The molecule has 0 unspecified atom stereocenters. The predicted molar refractivity (Wildman–Crippen MR) is 250 cm³/mol. The van der Waals surface area contributed by atoms with E-state index in [2.05, 4.69) is 184 Å². The zero-order valence-corrected chi connectivity index (χ0v) is 42.4. The van der Waals surface area contributed by atoms with Gasteiger partial charge in [-0.2, -0.15) is 48.5 Å². The van der Waals surface area contributed by atoms with Crippen molar-refractivity contribution < 1.29 is 82.3 Å². The van der Waals surface area contributed by atoms with Gasteiger partial charge in [0.25, 0.3) is 0 Å². The van der Waals surface area contributed by atoms with Crippen LogP contribution in [0.3, 0.4) is 0 Å². The third-order valence-electron chi connectivity index (χ3n) is 9.97. The summed E-state index contributed by atoms with van der Waals surface area (Å²) in [6.45, 7) is 4.30. The quantitative estimate of drug-likeness (QED) is 0.105. The molecular weight excluding hydrogens is 975 g/mol. The molecule has 0 N–H and O–H groups in total. The van der Waals surface area contributed by atoms with Crippen molar-refractivity contribution >= 4 is 27.0 Å². The number of aryl methyl sites for hydroxylation is 4. The molecule has 0 bridgehead atoms. The van der Waals surface area contributed by atoms with E-state index in [-0.39, 0.29) is 64.4 Å². The first-order chi connectivity index (χ1) is 28.5. The van der Waals surface area contributed by atoms with Gasteiger partial charge in [-0.05, 0) is 11.1 Å². The molecule has 316 valence electrons. The van der Waals surface area contributed by atoms with Gasteiger partial charge in [0, 0.05) is 0 Å². The van der Waals surface area contributed by atoms with Crippen LogP contribution in [0.25, 0.3) is 43.8 Å². The van der Waals surface area contributed by atoms with Crippen molar-refractivity contribution in [3.8, 4) is 22.3 Å². The molecule has 0 aliphatic heterocycles. The second kappa shape index (κ2) is 30.3. The van der Waals surface area contributed by atoms with E-state index in [0.717, 1.165) is 0 Å². The Morgan fingerprint density at radius 3 is 1.15 bits per heavy atom. The van der Waals surface area contributed by atoms with Gasteiger partial charge in [-0.25, -0.2) is 24.3 Å². The van der Waals surface area contributed by atoms with Gasteiger partial charge in [-0.1, -0.05) is 97.8 Å². The molecule has 0 fully saturated rings. The molecule has 0 saturated heterocycles. The second-order valence-electron chi connectivity index (χ2n) is 14.5. The van der Waals surface area contributed by atoms with E-state index in [9.17, 15) is 0 Å². The number of fused-ring (bicyclic) bond motifs is 2. The molecule has 10 aromatic rings. The average Bonchev–Trinajstić information content (AvgIpc) is 4.12. The number of rotatable bonds is 8. The number of benzene rings is 4. The third-order valence-corrected chi connectivity index (χ3v) is 15.4. The Bertz CT molecular complexity index is 2370. The largest absolute Gasteiger partial charge is 0.214 e. The van der Waals surface area contributed by atoms with Gasteiger partial charge in [0.05, 0.1) is 0 Å². The van der Waals surface area contributed by atoms with Crippen LogP contribution >= 0.6 is 0 Å². The van der Waals surface area contributed by atoms with E-state index in [1.165, 1.54) is 91.0 Å². The van der Waals surface area contributed by atoms with E-state index < -0.39 is 0 Å². The Morgan fingerprint density at radius 1 is 0.435 bits per heavy atom. The summed E-state index contributed by atoms with van der Waals surface area (Å²) in [5, 5.41) is 5.37. The molecular formula is C56H52Cl2Fe2SiZr-2. The molecule has 0 atom stereocenters. The molecule has 62 heavy (non-hydrogen) atoms. The number of hydrogen-bond donors (Lipinski definition) is 0. The van der Waals surface area contributed by atoms with Gasteiger partial charge >= 0.3 is 147 Å². The molecule has 0 heterocycles. The van der Waals surface area contributed by atoms with Crippen LogP contribution in [0.15, 0.2) is 231 Å². The van der Waals surface area contributed by atoms with E-state index in [1.807, 2.05) is 60.7 Å².